The van der Waals surface area contributed by atoms with Crippen molar-refractivity contribution in [2.75, 3.05) is 0 Å². The van der Waals surface area contributed by atoms with Crippen molar-refractivity contribution in [3.8, 4) is 0 Å². The first kappa shape index (κ1) is 20.6. The zero-order valence-electron chi connectivity index (χ0n) is 18.7. The van der Waals surface area contributed by atoms with E-state index in [9.17, 15) is 4.79 Å². The zero-order valence-corrected chi connectivity index (χ0v) is 18.7. The van der Waals surface area contributed by atoms with Gasteiger partial charge in [0.15, 0.2) is 0 Å². The molecule has 1 N–H and O–H groups in total. The van der Waals surface area contributed by atoms with E-state index in [1.54, 1.807) is 0 Å². The topological polar surface area (TPSA) is 46.9 Å². The quantitative estimate of drug-likeness (QED) is 0.610. The predicted molar refractivity (Wildman–Crippen MR) is 123 cm³/mol. The molecule has 1 aromatic heterocycles. The van der Waals surface area contributed by atoms with Crippen LogP contribution >= 0.6 is 0 Å². The number of fused-ring (bicyclic) bond motifs is 1. The Hall–Kier alpha value is -2.62. The molecule has 0 spiro atoms. The van der Waals surface area contributed by atoms with Crippen LogP contribution < -0.4 is 5.32 Å². The van der Waals surface area contributed by atoms with Crippen LogP contribution in [0.2, 0.25) is 0 Å². The summed E-state index contributed by atoms with van der Waals surface area (Å²) in [5.41, 5.74) is 8.79. The molecule has 4 rings (SSSR count). The first-order chi connectivity index (χ1) is 14.5. The second-order valence-corrected chi connectivity index (χ2v) is 8.89. The maximum absolute atomic E-state index is 12.7. The van der Waals surface area contributed by atoms with E-state index in [1.807, 2.05) is 6.07 Å². The van der Waals surface area contributed by atoms with Gasteiger partial charge in [-0.2, -0.15) is 0 Å². The number of rotatable bonds is 5. The number of nitrogens with zero attached hydrogens (tertiary/aromatic N) is 2. The maximum atomic E-state index is 12.7. The molecule has 0 saturated heterocycles. The van der Waals surface area contributed by atoms with Gasteiger partial charge >= 0.3 is 0 Å². The third kappa shape index (κ3) is 4.00. The molecule has 1 saturated carbocycles. The van der Waals surface area contributed by atoms with Crippen LogP contribution in [-0.4, -0.2) is 15.5 Å². The highest BCUT2D eigenvalue weighted by molar-refractivity contribution is 5.79. The highest BCUT2D eigenvalue weighted by atomic mass is 16.1. The summed E-state index contributed by atoms with van der Waals surface area (Å²) in [5.74, 6) is 1.28. The van der Waals surface area contributed by atoms with E-state index in [4.69, 9.17) is 4.98 Å². The van der Waals surface area contributed by atoms with E-state index in [2.05, 4.69) is 61.8 Å². The number of benzene rings is 2. The highest BCUT2D eigenvalue weighted by Gasteiger charge is 2.22. The van der Waals surface area contributed by atoms with Crippen molar-refractivity contribution in [2.24, 2.45) is 5.92 Å². The Labute approximate surface area is 179 Å². The fraction of sp³-hybridized carbons (Fsp3) is 0.462. The Bertz CT molecular complexity index is 1050. The first-order valence-electron chi connectivity index (χ1n) is 11.2. The number of carbonyl (C=O) groups excluding carboxylic acids is 1. The van der Waals surface area contributed by atoms with E-state index >= 15 is 0 Å². The third-order valence-corrected chi connectivity index (χ3v) is 6.97. The molecule has 0 bridgehead atoms. The van der Waals surface area contributed by atoms with Gasteiger partial charge in [0, 0.05) is 12.5 Å². The Morgan fingerprint density at radius 2 is 1.70 bits per heavy atom. The number of hydrogen-bond acceptors (Lipinski definition) is 2. The van der Waals surface area contributed by atoms with Gasteiger partial charge in [0.25, 0.3) is 0 Å². The minimum Gasteiger partial charge on any atom is -0.349 e. The summed E-state index contributed by atoms with van der Waals surface area (Å²) >= 11 is 0. The van der Waals surface area contributed by atoms with Crippen LogP contribution in [-0.2, 0) is 17.9 Å². The Balaban J connectivity index is 1.65. The van der Waals surface area contributed by atoms with Crippen LogP contribution in [0.3, 0.4) is 0 Å². The molecule has 2 aromatic carbocycles. The summed E-state index contributed by atoms with van der Waals surface area (Å²) < 4.78 is 2.28. The minimum absolute atomic E-state index is 0.167. The van der Waals surface area contributed by atoms with Gasteiger partial charge in [0.1, 0.15) is 5.82 Å². The number of nitrogens with one attached hydrogen (secondary N) is 1. The van der Waals surface area contributed by atoms with Gasteiger partial charge in [-0.1, -0.05) is 37.5 Å². The molecule has 1 fully saturated rings. The molecule has 1 heterocycles. The lowest BCUT2D eigenvalue weighted by molar-refractivity contribution is -0.126. The van der Waals surface area contributed by atoms with Gasteiger partial charge in [0.05, 0.1) is 17.6 Å². The molecule has 158 valence electrons. The van der Waals surface area contributed by atoms with Crippen molar-refractivity contribution < 1.29 is 4.79 Å². The standard InChI is InChI=1S/C26H33N3O/c1-17-14-18(2)20(4)22(19(17)3)16-29-24-13-9-8-12-23(24)28-25(29)15-27-26(30)21-10-6-5-7-11-21/h8-9,12-14,21H,5-7,10-11,15-16H2,1-4H3,(H,27,30). The number of carbonyl (C=O) groups is 1. The van der Waals surface area contributed by atoms with Crippen molar-refractivity contribution >= 4 is 16.9 Å². The molecule has 30 heavy (non-hydrogen) atoms. The van der Waals surface area contributed by atoms with Gasteiger partial charge in [-0.3, -0.25) is 4.79 Å². The summed E-state index contributed by atoms with van der Waals surface area (Å²) in [5, 5.41) is 3.19. The molecular weight excluding hydrogens is 370 g/mol. The second-order valence-electron chi connectivity index (χ2n) is 8.89. The van der Waals surface area contributed by atoms with E-state index in [0.29, 0.717) is 6.54 Å². The lowest BCUT2D eigenvalue weighted by atomic mass is 9.89. The fourth-order valence-electron chi connectivity index (χ4n) is 4.81. The van der Waals surface area contributed by atoms with Crippen LogP contribution in [0.25, 0.3) is 11.0 Å². The lowest BCUT2D eigenvalue weighted by Crippen LogP contribution is -2.32. The number of hydrogen-bond donors (Lipinski definition) is 1. The minimum atomic E-state index is 0.167. The van der Waals surface area contributed by atoms with Gasteiger partial charge < -0.3 is 9.88 Å². The van der Waals surface area contributed by atoms with Crippen LogP contribution in [0, 0.1) is 33.6 Å². The fourth-order valence-corrected chi connectivity index (χ4v) is 4.81. The Morgan fingerprint density at radius 1 is 1.03 bits per heavy atom. The van der Waals surface area contributed by atoms with Crippen molar-refractivity contribution in [3.05, 3.63) is 64.0 Å². The van der Waals surface area contributed by atoms with Gasteiger partial charge in [0.2, 0.25) is 5.91 Å². The Morgan fingerprint density at radius 3 is 2.40 bits per heavy atom. The number of aryl methyl sites for hydroxylation is 2. The number of amides is 1. The van der Waals surface area contributed by atoms with Crippen LogP contribution in [0.1, 0.15) is 65.7 Å². The number of imidazole rings is 1. The van der Waals surface area contributed by atoms with Crippen molar-refractivity contribution in [2.45, 2.75) is 72.9 Å². The summed E-state index contributed by atoms with van der Waals surface area (Å²) in [6.07, 6.45) is 5.63. The lowest BCUT2D eigenvalue weighted by Gasteiger charge is -2.21. The molecule has 3 aromatic rings. The molecular formula is C26H33N3O. The highest BCUT2D eigenvalue weighted by Crippen LogP contribution is 2.26. The molecule has 1 aliphatic rings. The average molecular weight is 404 g/mol. The van der Waals surface area contributed by atoms with E-state index in [1.165, 1.54) is 47.1 Å². The molecule has 0 atom stereocenters. The summed E-state index contributed by atoms with van der Waals surface area (Å²) in [6, 6.07) is 10.5. The summed E-state index contributed by atoms with van der Waals surface area (Å²) in [4.78, 5) is 17.6. The van der Waals surface area contributed by atoms with Crippen molar-refractivity contribution in [1.29, 1.82) is 0 Å². The van der Waals surface area contributed by atoms with E-state index in [0.717, 1.165) is 36.2 Å². The largest absolute Gasteiger partial charge is 0.349 e. The van der Waals surface area contributed by atoms with E-state index < -0.39 is 0 Å². The Kier molecular flexibility index (Phi) is 5.94. The van der Waals surface area contributed by atoms with Crippen LogP contribution in [0.5, 0.6) is 0 Å². The van der Waals surface area contributed by atoms with Gasteiger partial charge in [-0.05, 0) is 80.5 Å². The smallest absolute Gasteiger partial charge is 0.223 e. The van der Waals surface area contributed by atoms with Crippen molar-refractivity contribution in [3.63, 3.8) is 0 Å². The number of aromatic nitrogens is 2. The van der Waals surface area contributed by atoms with Crippen LogP contribution in [0.4, 0.5) is 0 Å². The monoisotopic (exact) mass is 403 g/mol. The van der Waals surface area contributed by atoms with Gasteiger partial charge in [-0.25, -0.2) is 4.98 Å². The third-order valence-electron chi connectivity index (χ3n) is 6.97. The maximum Gasteiger partial charge on any atom is 0.223 e. The molecule has 4 heteroatoms. The summed E-state index contributed by atoms with van der Waals surface area (Å²) in [6.45, 7) is 10.0. The molecule has 0 unspecified atom stereocenters. The number of para-hydroxylation sites is 2. The van der Waals surface area contributed by atoms with Crippen molar-refractivity contribution in [1.82, 2.24) is 14.9 Å². The van der Waals surface area contributed by atoms with Crippen LogP contribution in [0.15, 0.2) is 30.3 Å². The molecule has 0 radical (unpaired) electrons. The average Bonchev–Trinajstić information content (AvgIpc) is 3.11. The summed E-state index contributed by atoms with van der Waals surface area (Å²) in [7, 11) is 0. The first-order valence-corrected chi connectivity index (χ1v) is 11.2. The molecule has 1 aliphatic carbocycles. The van der Waals surface area contributed by atoms with E-state index in [-0.39, 0.29) is 11.8 Å². The molecule has 1 amide bonds. The second kappa shape index (κ2) is 8.63. The SMILES string of the molecule is Cc1cc(C)c(C)c(Cn2c(CNC(=O)C3CCCCC3)nc3ccccc32)c1C. The molecule has 4 nitrogen and oxygen atoms in total. The molecule has 0 aliphatic heterocycles. The normalized spacial score (nSPS) is 14.9. The van der Waals surface area contributed by atoms with Gasteiger partial charge in [-0.15, -0.1) is 0 Å². The predicted octanol–water partition coefficient (Wildman–Crippen LogP) is 5.51. The zero-order chi connectivity index (χ0) is 21.3.